The topological polar surface area (TPSA) is 98.1 Å². The van der Waals surface area contributed by atoms with Crippen LogP contribution in [0.5, 0.6) is 0 Å². The zero-order chi connectivity index (χ0) is 10.3. The van der Waals surface area contributed by atoms with Gasteiger partial charge in [-0.25, -0.2) is 10.2 Å². The van der Waals surface area contributed by atoms with Gasteiger partial charge in [0.25, 0.3) is 5.71 Å². The molecule has 0 saturated heterocycles. The van der Waals surface area contributed by atoms with Gasteiger partial charge in [-0.3, -0.25) is 0 Å². The summed E-state index contributed by atoms with van der Waals surface area (Å²) < 4.78 is 4.81. The Hall–Kier alpha value is -1.36. The van der Waals surface area contributed by atoms with Gasteiger partial charge < -0.3 is 15.6 Å². The molecule has 13 heavy (non-hydrogen) atoms. The maximum absolute atomic E-state index is 10.3. The van der Waals surface area contributed by atoms with Gasteiger partial charge in [0.2, 0.25) is 0 Å². The van der Waals surface area contributed by atoms with Gasteiger partial charge in [0.1, 0.15) is 0 Å². The zero-order valence-electron chi connectivity index (χ0n) is 7.62. The molecule has 74 valence electrons. The number of allylic oxidation sites excluding steroid dienone is 1. The van der Waals surface area contributed by atoms with Gasteiger partial charge in [0.05, 0.1) is 0 Å². The van der Waals surface area contributed by atoms with E-state index in [-0.39, 0.29) is 5.71 Å². The predicted octanol–water partition coefficient (Wildman–Crippen LogP) is -1.46. The molecule has 0 bridgehead atoms. The molecule has 0 aromatic rings. The Morgan fingerprint density at radius 1 is 1.69 bits per heavy atom. The summed E-state index contributed by atoms with van der Waals surface area (Å²) in [5.41, 5.74) is 5.71. The number of hydrogen-bond donors (Lipinski definition) is 3. The van der Waals surface area contributed by atoms with Crippen molar-refractivity contribution in [1.29, 1.82) is 0 Å². The second-order valence-corrected chi connectivity index (χ2v) is 2.58. The van der Waals surface area contributed by atoms with Crippen LogP contribution in [0.15, 0.2) is 11.8 Å². The van der Waals surface area contributed by atoms with Gasteiger partial charge >= 0.3 is 5.97 Å². The summed E-state index contributed by atoms with van der Waals surface area (Å²) in [5, 5.41) is 13.6. The third-order valence-electron chi connectivity index (χ3n) is 1.40. The maximum Gasteiger partial charge on any atom is 0.400 e. The van der Waals surface area contributed by atoms with Crippen molar-refractivity contribution < 1.29 is 20.0 Å². The summed E-state index contributed by atoms with van der Waals surface area (Å²) in [6, 6.07) is 0. The van der Waals surface area contributed by atoms with Gasteiger partial charge in [0.15, 0.2) is 0 Å². The van der Waals surface area contributed by atoms with Gasteiger partial charge in [-0.2, -0.15) is 0 Å². The number of carboxylic acids is 1. The summed E-state index contributed by atoms with van der Waals surface area (Å²) in [5.74, 6) is -1.16. The van der Waals surface area contributed by atoms with E-state index in [2.05, 4.69) is 0 Å². The minimum atomic E-state index is -1.16. The van der Waals surface area contributed by atoms with E-state index in [0.717, 1.165) is 6.42 Å². The Balaban J connectivity index is 3.87. The molecule has 5 nitrogen and oxygen atoms in total. The fourth-order valence-corrected chi connectivity index (χ4v) is 0.754. The van der Waals surface area contributed by atoms with Gasteiger partial charge in [-0.15, -0.1) is 0 Å². The molecule has 0 unspecified atom stereocenters. The van der Waals surface area contributed by atoms with Crippen molar-refractivity contribution >= 4 is 11.7 Å². The van der Waals surface area contributed by atoms with Crippen LogP contribution in [0.25, 0.3) is 0 Å². The van der Waals surface area contributed by atoms with Crippen LogP contribution >= 0.6 is 0 Å². The standard InChI is InChI=1S/C8H14N2O3/c1-13-4-2-3-6(9)5-7(10)8(11)12/h5,10H,2-4,9H2,1H3,(H,11,12)/p+1/b6-5-,10-7?. The van der Waals surface area contributed by atoms with Crippen molar-refractivity contribution in [2.24, 2.45) is 5.73 Å². The molecule has 0 aromatic carbocycles. The Kier molecular flexibility index (Phi) is 5.54. The van der Waals surface area contributed by atoms with Crippen LogP contribution in [0.2, 0.25) is 0 Å². The molecule has 0 aliphatic carbocycles. The molecular weight excluding hydrogens is 172 g/mol. The fraction of sp³-hybridized carbons (Fsp3) is 0.500. The van der Waals surface area contributed by atoms with E-state index in [4.69, 9.17) is 21.0 Å². The first kappa shape index (κ1) is 11.6. The van der Waals surface area contributed by atoms with E-state index in [1.807, 2.05) is 0 Å². The molecule has 0 atom stereocenters. The smallest absolute Gasteiger partial charge is 0.400 e. The molecule has 0 aromatic heterocycles. The van der Waals surface area contributed by atoms with Crippen LogP contribution < -0.4 is 11.1 Å². The highest BCUT2D eigenvalue weighted by Gasteiger charge is 2.09. The molecular formula is C8H15N2O3+. The Morgan fingerprint density at radius 2 is 2.31 bits per heavy atom. The minimum Gasteiger partial charge on any atom is -0.473 e. The van der Waals surface area contributed by atoms with Crippen LogP contribution in [0, 0.1) is 0 Å². The predicted molar refractivity (Wildman–Crippen MR) is 47.9 cm³/mol. The number of carboxylic acid groups (broad SMARTS) is 1. The molecule has 0 saturated carbocycles. The van der Waals surface area contributed by atoms with E-state index in [9.17, 15) is 4.79 Å². The van der Waals surface area contributed by atoms with Crippen LogP contribution in [-0.2, 0) is 9.53 Å². The lowest BCUT2D eigenvalue weighted by Gasteiger charge is -1.98. The van der Waals surface area contributed by atoms with Crippen LogP contribution in [0.3, 0.4) is 0 Å². The number of nitrogens with two attached hydrogens (primary N) is 2. The third-order valence-corrected chi connectivity index (χ3v) is 1.40. The summed E-state index contributed by atoms with van der Waals surface area (Å²) in [6.45, 7) is 0.599. The van der Waals surface area contributed by atoms with Crippen molar-refractivity contribution in [3.05, 3.63) is 11.8 Å². The molecule has 0 spiro atoms. The average Bonchev–Trinajstić information content (AvgIpc) is 2.04. The average molecular weight is 187 g/mol. The minimum absolute atomic E-state index is 0.241. The molecule has 5 N–H and O–H groups in total. The van der Waals surface area contributed by atoms with Crippen LogP contribution in [-0.4, -0.2) is 30.5 Å². The molecule has 0 fully saturated rings. The lowest BCUT2D eigenvalue weighted by Crippen LogP contribution is -2.43. The normalized spacial score (nSPS) is 11.3. The van der Waals surface area contributed by atoms with E-state index >= 15 is 0 Å². The third kappa shape index (κ3) is 5.86. The number of ether oxygens (including phenoxy) is 1. The first-order chi connectivity index (χ1) is 6.07. The summed E-state index contributed by atoms with van der Waals surface area (Å²) >= 11 is 0. The van der Waals surface area contributed by atoms with Crippen LogP contribution in [0.1, 0.15) is 12.8 Å². The Morgan fingerprint density at radius 3 is 2.77 bits per heavy atom. The van der Waals surface area contributed by atoms with Crippen LogP contribution in [0.4, 0.5) is 0 Å². The Labute approximate surface area is 76.7 Å². The van der Waals surface area contributed by atoms with E-state index in [1.165, 1.54) is 6.08 Å². The molecule has 0 rings (SSSR count). The monoisotopic (exact) mass is 187 g/mol. The second kappa shape index (κ2) is 6.19. The summed E-state index contributed by atoms with van der Waals surface area (Å²) in [7, 11) is 1.59. The molecule has 0 aliphatic heterocycles. The van der Waals surface area contributed by atoms with E-state index in [0.29, 0.717) is 18.7 Å². The van der Waals surface area contributed by atoms with Crippen molar-refractivity contribution in [1.82, 2.24) is 0 Å². The number of aliphatic carboxylic acids is 1. The quantitative estimate of drug-likeness (QED) is 0.349. The van der Waals surface area contributed by atoms with Gasteiger partial charge in [-0.1, -0.05) is 0 Å². The van der Waals surface area contributed by atoms with Crippen molar-refractivity contribution in [3.63, 3.8) is 0 Å². The molecule has 0 amide bonds. The van der Waals surface area contributed by atoms with Gasteiger partial charge in [0, 0.05) is 25.5 Å². The highest BCUT2D eigenvalue weighted by molar-refractivity contribution is 6.37. The first-order valence-corrected chi connectivity index (χ1v) is 3.88. The first-order valence-electron chi connectivity index (χ1n) is 3.88. The van der Waals surface area contributed by atoms with Crippen molar-refractivity contribution in [2.45, 2.75) is 12.8 Å². The number of methoxy groups -OCH3 is 1. The fourth-order valence-electron chi connectivity index (χ4n) is 0.754. The highest BCUT2D eigenvalue weighted by Crippen LogP contribution is 1.97. The van der Waals surface area contributed by atoms with Crippen molar-refractivity contribution in [3.8, 4) is 0 Å². The molecule has 0 aliphatic rings. The number of hydrogen-bond acceptors (Lipinski definition) is 3. The Bertz CT molecular complexity index is 223. The highest BCUT2D eigenvalue weighted by atomic mass is 16.5. The van der Waals surface area contributed by atoms with Crippen molar-refractivity contribution in [2.75, 3.05) is 13.7 Å². The summed E-state index contributed by atoms with van der Waals surface area (Å²) in [6.07, 6.45) is 2.60. The molecule has 5 heteroatoms. The summed E-state index contributed by atoms with van der Waals surface area (Å²) in [4.78, 5) is 10.3. The molecule has 0 heterocycles. The van der Waals surface area contributed by atoms with Gasteiger partial charge in [-0.05, 0) is 12.8 Å². The number of carbonyl (C=O) groups is 1. The second-order valence-electron chi connectivity index (χ2n) is 2.58. The molecule has 0 radical (unpaired) electrons. The maximum atomic E-state index is 10.3. The number of rotatable bonds is 6. The van der Waals surface area contributed by atoms with E-state index < -0.39 is 5.97 Å². The zero-order valence-corrected chi connectivity index (χ0v) is 7.62. The lowest BCUT2D eigenvalue weighted by molar-refractivity contribution is -0.146. The van der Waals surface area contributed by atoms with E-state index in [1.54, 1.807) is 7.11 Å². The largest absolute Gasteiger partial charge is 0.473 e. The lowest BCUT2D eigenvalue weighted by atomic mass is 10.2. The SMILES string of the molecule is COCCC/C(N)=C/C(=[NH2+])C(=O)O.